The number of carbonyl (C=O) groups excluding carboxylic acids is 1. The van der Waals surface area contributed by atoms with E-state index in [1.54, 1.807) is 12.1 Å². The Hall–Kier alpha value is -1.66. The minimum absolute atomic E-state index is 0. The molecule has 0 unspecified atom stereocenters. The number of nitrogens with two attached hydrogens (primary N) is 1. The highest BCUT2D eigenvalue weighted by molar-refractivity contribution is 5.85. The van der Waals surface area contributed by atoms with Gasteiger partial charge >= 0.3 is 5.97 Å². The van der Waals surface area contributed by atoms with Crippen molar-refractivity contribution in [2.45, 2.75) is 12.5 Å². The SMILES string of the molecule is COC(=O)C[C@@H](N)c1cc(OC)c(OC)c(OC)c1.Cl. The molecule has 0 saturated heterocycles. The van der Waals surface area contributed by atoms with Gasteiger partial charge in [-0.25, -0.2) is 0 Å². The van der Waals surface area contributed by atoms with Crippen molar-refractivity contribution < 1.29 is 23.7 Å². The van der Waals surface area contributed by atoms with E-state index >= 15 is 0 Å². The van der Waals surface area contributed by atoms with Crippen LogP contribution in [0.5, 0.6) is 17.2 Å². The van der Waals surface area contributed by atoms with Crippen LogP contribution in [-0.4, -0.2) is 34.4 Å². The van der Waals surface area contributed by atoms with Crippen molar-refractivity contribution >= 4 is 18.4 Å². The van der Waals surface area contributed by atoms with Crippen LogP contribution in [0, 0.1) is 0 Å². The van der Waals surface area contributed by atoms with Crippen LogP contribution < -0.4 is 19.9 Å². The van der Waals surface area contributed by atoms with E-state index in [1.165, 1.54) is 28.4 Å². The van der Waals surface area contributed by atoms with E-state index in [-0.39, 0.29) is 24.8 Å². The molecule has 0 heterocycles. The number of rotatable bonds is 6. The fraction of sp³-hybridized carbons (Fsp3) is 0.462. The lowest BCUT2D eigenvalue weighted by molar-refractivity contribution is -0.141. The topological polar surface area (TPSA) is 80.0 Å². The summed E-state index contributed by atoms with van der Waals surface area (Å²) in [4.78, 5) is 11.2. The lowest BCUT2D eigenvalue weighted by Crippen LogP contribution is -2.16. The number of hydrogen-bond acceptors (Lipinski definition) is 6. The van der Waals surface area contributed by atoms with E-state index in [0.29, 0.717) is 22.8 Å². The third-order valence-electron chi connectivity index (χ3n) is 2.73. The molecule has 0 aromatic heterocycles. The van der Waals surface area contributed by atoms with Gasteiger partial charge in [-0.15, -0.1) is 12.4 Å². The monoisotopic (exact) mass is 305 g/mol. The Morgan fingerprint density at radius 1 is 1.10 bits per heavy atom. The maximum absolute atomic E-state index is 11.2. The highest BCUT2D eigenvalue weighted by atomic mass is 35.5. The number of esters is 1. The summed E-state index contributed by atoms with van der Waals surface area (Å²) in [5.74, 6) is 1.11. The molecular formula is C13H20ClNO5. The van der Waals surface area contributed by atoms with Crippen LogP contribution >= 0.6 is 12.4 Å². The number of hydrogen-bond donors (Lipinski definition) is 1. The summed E-state index contributed by atoms with van der Waals surface area (Å²) >= 11 is 0. The van der Waals surface area contributed by atoms with Crippen LogP contribution in [0.1, 0.15) is 18.0 Å². The van der Waals surface area contributed by atoms with Gasteiger partial charge in [0.2, 0.25) is 5.75 Å². The molecule has 0 radical (unpaired) electrons. The Kier molecular flexibility index (Phi) is 7.79. The Morgan fingerprint density at radius 2 is 1.60 bits per heavy atom. The quantitative estimate of drug-likeness (QED) is 0.806. The standard InChI is InChI=1S/C13H19NO5.ClH/c1-16-10-5-8(9(14)7-12(15)18-3)6-11(17-2)13(10)19-4;/h5-6,9H,7,14H2,1-4H3;1H/t9-;/m1./s1. The zero-order valence-electron chi connectivity index (χ0n) is 12.0. The molecule has 0 amide bonds. The second-order valence-corrected chi connectivity index (χ2v) is 3.85. The van der Waals surface area contributed by atoms with Crippen molar-refractivity contribution in [1.29, 1.82) is 0 Å². The highest BCUT2D eigenvalue weighted by Gasteiger charge is 2.18. The third-order valence-corrected chi connectivity index (χ3v) is 2.73. The lowest BCUT2D eigenvalue weighted by atomic mass is 10.0. The summed E-state index contributed by atoms with van der Waals surface area (Å²) in [6.07, 6.45) is 0.0785. The minimum Gasteiger partial charge on any atom is -0.493 e. The van der Waals surface area contributed by atoms with Crippen molar-refractivity contribution in [3.8, 4) is 17.2 Å². The molecule has 7 heteroatoms. The van der Waals surface area contributed by atoms with Crippen molar-refractivity contribution in [2.75, 3.05) is 28.4 Å². The van der Waals surface area contributed by atoms with Gasteiger partial charge in [0.25, 0.3) is 0 Å². The van der Waals surface area contributed by atoms with Crippen LogP contribution in [0.4, 0.5) is 0 Å². The molecule has 114 valence electrons. The van der Waals surface area contributed by atoms with Gasteiger partial charge in [-0.2, -0.15) is 0 Å². The van der Waals surface area contributed by atoms with Gasteiger partial charge < -0.3 is 24.7 Å². The maximum atomic E-state index is 11.2. The molecule has 1 rings (SSSR count). The average molecular weight is 306 g/mol. The smallest absolute Gasteiger partial charge is 0.307 e. The average Bonchev–Trinajstić information content (AvgIpc) is 2.44. The summed E-state index contributed by atoms with van der Waals surface area (Å²) in [6.45, 7) is 0. The maximum Gasteiger partial charge on any atom is 0.307 e. The second-order valence-electron chi connectivity index (χ2n) is 3.85. The molecule has 2 N–H and O–H groups in total. The van der Waals surface area contributed by atoms with Gasteiger partial charge in [-0.3, -0.25) is 4.79 Å². The van der Waals surface area contributed by atoms with Gasteiger partial charge in [0.05, 0.1) is 34.9 Å². The first-order valence-corrected chi connectivity index (χ1v) is 5.69. The Morgan fingerprint density at radius 3 is 1.95 bits per heavy atom. The molecule has 6 nitrogen and oxygen atoms in total. The molecule has 1 aromatic rings. The number of ether oxygens (including phenoxy) is 4. The molecule has 0 spiro atoms. The predicted octanol–water partition coefficient (Wildman–Crippen LogP) is 1.70. The Labute approximate surface area is 124 Å². The number of benzene rings is 1. The summed E-state index contributed by atoms with van der Waals surface area (Å²) in [5, 5.41) is 0. The van der Waals surface area contributed by atoms with Crippen LogP contribution in [-0.2, 0) is 9.53 Å². The van der Waals surface area contributed by atoms with Gasteiger partial charge in [0.15, 0.2) is 11.5 Å². The van der Waals surface area contributed by atoms with E-state index in [1.807, 2.05) is 0 Å². The third kappa shape index (κ3) is 4.18. The predicted molar refractivity (Wildman–Crippen MR) is 76.9 cm³/mol. The van der Waals surface area contributed by atoms with E-state index in [2.05, 4.69) is 4.74 Å². The number of carbonyl (C=O) groups is 1. The lowest BCUT2D eigenvalue weighted by Gasteiger charge is -2.17. The van der Waals surface area contributed by atoms with Gasteiger partial charge in [-0.05, 0) is 17.7 Å². The number of halogens is 1. The summed E-state index contributed by atoms with van der Waals surface area (Å²) in [7, 11) is 5.89. The van der Waals surface area contributed by atoms with E-state index in [9.17, 15) is 4.79 Å². The summed E-state index contributed by atoms with van der Waals surface area (Å²) < 4.78 is 20.3. The second kappa shape index (κ2) is 8.50. The van der Waals surface area contributed by atoms with Gasteiger partial charge in [0, 0.05) is 6.04 Å². The first-order valence-electron chi connectivity index (χ1n) is 5.69. The molecule has 0 aliphatic carbocycles. The van der Waals surface area contributed by atoms with Crippen LogP contribution in [0.15, 0.2) is 12.1 Å². The number of methoxy groups -OCH3 is 4. The van der Waals surface area contributed by atoms with Crippen LogP contribution in [0.3, 0.4) is 0 Å². The molecule has 0 aliphatic heterocycles. The van der Waals surface area contributed by atoms with E-state index in [4.69, 9.17) is 19.9 Å². The zero-order chi connectivity index (χ0) is 14.4. The fourth-order valence-electron chi connectivity index (χ4n) is 1.70. The molecule has 1 atom stereocenters. The molecule has 0 bridgehead atoms. The molecule has 0 fully saturated rings. The molecule has 1 aromatic carbocycles. The van der Waals surface area contributed by atoms with Crippen molar-refractivity contribution in [2.24, 2.45) is 5.73 Å². The van der Waals surface area contributed by atoms with Gasteiger partial charge in [0.1, 0.15) is 0 Å². The Bertz CT molecular complexity index is 427. The first-order chi connectivity index (χ1) is 9.07. The summed E-state index contributed by atoms with van der Waals surface area (Å²) in [6, 6.07) is 2.94. The van der Waals surface area contributed by atoms with E-state index in [0.717, 1.165) is 0 Å². The highest BCUT2D eigenvalue weighted by Crippen LogP contribution is 2.39. The summed E-state index contributed by atoms with van der Waals surface area (Å²) in [5.41, 5.74) is 6.67. The van der Waals surface area contributed by atoms with Crippen molar-refractivity contribution in [3.63, 3.8) is 0 Å². The van der Waals surface area contributed by atoms with Crippen LogP contribution in [0.25, 0.3) is 0 Å². The molecule has 20 heavy (non-hydrogen) atoms. The zero-order valence-corrected chi connectivity index (χ0v) is 12.8. The minimum atomic E-state index is -0.499. The van der Waals surface area contributed by atoms with E-state index < -0.39 is 6.04 Å². The molecule has 0 aliphatic rings. The fourth-order valence-corrected chi connectivity index (χ4v) is 1.70. The Balaban J connectivity index is 0.00000361. The van der Waals surface area contributed by atoms with Gasteiger partial charge in [-0.1, -0.05) is 0 Å². The van der Waals surface area contributed by atoms with Crippen LogP contribution in [0.2, 0.25) is 0 Å². The van der Waals surface area contributed by atoms with Crippen molar-refractivity contribution in [3.05, 3.63) is 17.7 Å². The molecule has 0 saturated carbocycles. The normalized spacial score (nSPS) is 11.1. The van der Waals surface area contributed by atoms with Crippen molar-refractivity contribution in [1.82, 2.24) is 0 Å². The molecular weight excluding hydrogens is 286 g/mol. The largest absolute Gasteiger partial charge is 0.493 e. The first kappa shape index (κ1) is 18.3.